The van der Waals surface area contributed by atoms with Crippen LogP contribution in [0.2, 0.25) is 0 Å². The molecule has 28 heavy (non-hydrogen) atoms. The molecule has 2 aliphatic heterocycles. The van der Waals surface area contributed by atoms with Gasteiger partial charge in [0.2, 0.25) is 15.9 Å². The Hall–Kier alpha value is -1.95. The van der Waals surface area contributed by atoms with Crippen molar-refractivity contribution in [1.29, 1.82) is 5.26 Å². The van der Waals surface area contributed by atoms with Gasteiger partial charge in [0.1, 0.15) is 0 Å². The lowest BCUT2D eigenvalue weighted by Gasteiger charge is -2.33. The van der Waals surface area contributed by atoms with Crippen molar-refractivity contribution >= 4 is 15.9 Å². The van der Waals surface area contributed by atoms with E-state index in [0.717, 1.165) is 51.0 Å². The molecule has 0 aromatic heterocycles. The molecule has 0 spiro atoms. The van der Waals surface area contributed by atoms with Crippen molar-refractivity contribution in [3.63, 3.8) is 0 Å². The van der Waals surface area contributed by atoms with E-state index >= 15 is 0 Å². The quantitative estimate of drug-likeness (QED) is 0.754. The van der Waals surface area contributed by atoms with E-state index in [1.165, 1.54) is 10.6 Å². The van der Waals surface area contributed by atoms with Crippen LogP contribution in [0.15, 0.2) is 24.3 Å². The number of sulfonamides is 1. The summed E-state index contributed by atoms with van der Waals surface area (Å²) in [6, 6.07) is 9.76. The molecule has 0 bridgehead atoms. The van der Waals surface area contributed by atoms with Crippen LogP contribution >= 0.6 is 0 Å². The van der Waals surface area contributed by atoms with E-state index in [9.17, 15) is 13.2 Å². The Morgan fingerprint density at radius 1 is 1.11 bits per heavy atom. The molecule has 3 rings (SSSR count). The molecular formula is C20H28N4O3S. The minimum atomic E-state index is -3.24. The van der Waals surface area contributed by atoms with E-state index in [-0.39, 0.29) is 11.8 Å². The summed E-state index contributed by atoms with van der Waals surface area (Å²) in [5, 5.41) is 8.90. The molecule has 1 unspecified atom stereocenters. The van der Waals surface area contributed by atoms with Crippen LogP contribution in [-0.2, 0) is 21.4 Å². The standard InChI is InChI=1S/C20H28N4O3S/c1-28(26,27)24-11-2-4-19(16-24)20(25)23-10-3-9-22(12-13-23)15-18-7-5-17(14-21)6-8-18/h5-8,19H,2-4,9-13,15-16H2,1H3. The zero-order valence-corrected chi connectivity index (χ0v) is 17.2. The topological polar surface area (TPSA) is 84.7 Å². The van der Waals surface area contributed by atoms with Crippen LogP contribution in [0.5, 0.6) is 0 Å². The SMILES string of the molecule is CS(=O)(=O)N1CCCC(C(=O)N2CCCN(Cc3ccc(C#N)cc3)CC2)C1. The molecule has 8 heteroatoms. The third-order valence-electron chi connectivity index (χ3n) is 5.59. The summed E-state index contributed by atoms with van der Waals surface area (Å²) in [5.41, 5.74) is 1.82. The summed E-state index contributed by atoms with van der Waals surface area (Å²) >= 11 is 0. The number of benzene rings is 1. The van der Waals surface area contributed by atoms with Gasteiger partial charge in [-0.05, 0) is 37.0 Å². The van der Waals surface area contributed by atoms with Crippen molar-refractivity contribution in [3.8, 4) is 6.07 Å². The number of hydrogen-bond acceptors (Lipinski definition) is 5. The van der Waals surface area contributed by atoms with Gasteiger partial charge in [0.05, 0.1) is 23.8 Å². The Labute approximate surface area is 167 Å². The van der Waals surface area contributed by atoms with Crippen molar-refractivity contribution in [3.05, 3.63) is 35.4 Å². The molecule has 1 aromatic rings. The zero-order valence-electron chi connectivity index (χ0n) is 16.4. The number of nitriles is 1. The average Bonchev–Trinajstić information content (AvgIpc) is 2.93. The summed E-state index contributed by atoms with van der Waals surface area (Å²) in [6.45, 7) is 4.74. The normalized spacial score (nSPS) is 22.4. The predicted molar refractivity (Wildman–Crippen MR) is 107 cm³/mol. The monoisotopic (exact) mass is 404 g/mol. The Morgan fingerprint density at radius 2 is 1.86 bits per heavy atom. The van der Waals surface area contributed by atoms with Gasteiger partial charge in [-0.15, -0.1) is 0 Å². The highest BCUT2D eigenvalue weighted by molar-refractivity contribution is 7.88. The molecular weight excluding hydrogens is 376 g/mol. The lowest BCUT2D eigenvalue weighted by atomic mass is 9.98. The number of carbonyl (C=O) groups excluding carboxylic acids is 1. The summed E-state index contributed by atoms with van der Waals surface area (Å²) < 4.78 is 25.1. The van der Waals surface area contributed by atoms with Crippen molar-refractivity contribution in [2.45, 2.75) is 25.8 Å². The molecule has 0 aliphatic carbocycles. The lowest BCUT2D eigenvalue weighted by molar-refractivity contribution is -0.136. The zero-order chi connectivity index (χ0) is 20.1. The highest BCUT2D eigenvalue weighted by Gasteiger charge is 2.33. The number of hydrogen-bond donors (Lipinski definition) is 0. The molecule has 7 nitrogen and oxygen atoms in total. The van der Waals surface area contributed by atoms with Gasteiger partial charge in [-0.25, -0.2) is 12.7 Å². The third-order valence-corrected chi connectivity index (χ3v) is 6.86. The van der Waals surface area contributed by atoms with Gasteiger partial charge in [-0.3, -0.25) is 9.69 Å². The number of amides is 1. The van der Waals surface area contributed by atoms with Gasteiger partial charge in [0, 0.05) is 45.8 Å². The first-order valence-electron chi connectivity index (χ1n) is 9.82. The van der Waals surface area contributed by atoms with Crippen LogP contribution in [-0.4, -0.2) is 74.0 Å². The van der Waals surface area contributed by atoms with Crippen LogP contribution in [0.1, 0.15) is 30.4 Å². The van der Waals surface area contributed by atoms with E-state index in [1.54, 1.807) is 0 Å². The lowest BCUT2D eigenvalue weighted by Crippen LogP contribution is -2.47. The minimum Gasteiger partial charge on any atom is -0.341 e. The maximum atomic E-state index is 13.0. The maximum absolute atomic E-state index is 13.0. The molecule has 2 aliphatic rings. The van der Waals surface area contributed by atoms with Crippen LogP contribution < -0.4 is 0 Å². The van der Waals surface area contributed by atoms with E-state index < -0.39 is 10.0 Å². The van der Waals surface area contributed by atoms with Gasteiger partial charge in [0.15, 0.2) is 0 Å². The van der Waals surface area contributed by atoms with E-state index in [4.69, 9.17) is 5.26 Å². The van der Waals surface area contributed by atoms with E-state index in [1.807, 2.05) is 29.2 Å². The highest BCUT2D eigenvalue weighted by atomic mass is 32.2. The van der Waals surface area contributed by atoms with Crippen molar-refractivity contribution in [2.75, 3.05) is 45.5 Å². The summed E-state index contributed by atoms with van der Waals surface area (Å²) in [6.07, 6.45) is 3.62. The van der Waals surface area contributed by atoms with Crippen molar-refractivity contribution in [2.24, 2.45) is 5.92 Å². The molecule has 1 amide bonds. The molecule has 152 valence electrons. The van der Waals surface area contributed by atoms with Crippen molar-refractivity contribution in [1.82, 2.24) is 14.1 Å². The Bertz CT molecular complexity index is 832. The number of rotatable bonds is 4. The highest BCUT2D eigenvalue weighted by Crippen LogP contribution is 2.22. The first-order chi connectivity index (χ1) is 13.4. The first-order valence-corrected chi connectivity index (χ1v) is 11.7. The fourth-order valence-corrected chi connectivity index (χ4v) is 4.91. The van der Waals surface area contributed by atoms with Gasteiger partial charge in [-0.2, -0.15) is 5.26 Å². The Kier molecular flexibility index (Phi) is 6.70. The van der Waals surface area contributed by atoms with Gasteiger partial charge < -0.3 is 4.90 Å². The fraction of sp³-hybridized carbons (Fsp3) is 0.600. The van der Waals surface area contributed by atoms with Crippen molar-refractivity contribution < 1.29 is 13.2 Å². The average molecular weight is 405 g/mol. The minimum absolute atomic E-state index is 0.0913. The summed E-state index contributed by atoms with van der Waals surface area (Å²) in [5.74, 6) is -0.137. The Balaban J connectivity index is 1.55. The molecule has 2 heterocycles. The van der Waals surface area contributed by atoms with Crippen LogP contribution in [0.3, 0.4) is 0 Å². The summed E-state index contributed by atoms with van der Waals surface area (Å²) in [4.78, 5) is 17.2. The maximum Gasteiger partial charge on any atom is 0.227 e. The largest absolute Gasteiger partial charge is 0.341 e. The number of carbonyl (C=O) groups is 1. The van der Waals surface area contributed by atoms with Gasteiger partial charge >= 0.3 is 0 Å². The van der Waals surface area contributed by atoms with E-state index in [2.05, 4.69) is 11.0 Å². The molecule has 0 radical (unpaired) electrons. The van der Waals surface area contributed by atoms with Crippen LogP contribution in [0, 0.1) is 17.2 Å². The molecule has 0 saturated carbocycles. The smallest absolute Gasteiger partial charge is 0.227 e. The molecule has 2 saturated heterocycles. The number of piperidine rings is 1. The summed E-state index contributed by atoms with van der Waals surface area (Å²) in [7, 11) is -3.24. The second kappa shape index (κ2) is 9.03. The van der Waals surface area contributed by atoms with Crippen LogP contribution in [0.4, 0.5) is 0 Å². The molecule has 1 aromatic carbocycles. The Morgan fingerprint density at radius 3 is 2.54 bits per heavy atom. The predicted octanol–water partition coefficient (Wildman–Crippen LogP) is 1.26. The third kappa shape index (κ3) is 5.31. The van der Waals surface area contributed by atoms with Crippen LogP contribution in [0.25, 0.3) is 0 Å². The first kappa shape index (κ1) is 20.8. The fourth-order valence-electron chi connectivity index (χ4n) is 4.00. The molecule has 2 fully saturated rings. The second-order valence-corrected chi connectivity index (χ2v) is 9.71. The molecule has 1 atom stereocenters. The van der Waals surface area contributed by atoms with Gasteiger partial charge in [0.25, 0.3) is 0 Å². The second-order valence-electron chi connectivity index (χ2n) is 7.72. The van der Waals surface area contributed by atoms with Gasteiger partial charge in [-0.1, -0.05) is 12.1 Å². The molecule has 0 N–H and O–H groups in total. The van der Waals surface area contributed by atoms with E-state index in [0.29, 0.717) is 25.2 Å². The number of nitrogens with zero attached hydrogens (tertiary/aromatic N) is 4.